The third-order valence-corrected chi connectivity index (χ3v) is 6.07. The first-order valence-corrected chi connectivity index (χ1v) is 11.1. The fourth-order valence-corrected chi connectivity index (χ4v) is 3.91. The molecule has 1 aliphatic carbocycles. The molecule has 4 rings (SSSR count). The quantitative estimate of drug-likeness (QED) is 0.633. The number of carbonyl (C=O) groups is 1. The summed E-state index contributed by atoms with van der Waals surface area (Å²) in [6.07, 6.45) is 4.45. The minimum absolute atomic E-state index is 0.0424. The lowest BCUT2D eigenvalue weighted by Gasteiger charge is -2.37. The predicted octanol–water partition coefficient (Wildman–Crippen LogP) is 3.59. The largest absolute Gasteiger partial charge is 0.334 e. The number of fused-ring (bicyclic) bond motifs is 1. The van der Waals surface area contributed by atoms with E-state index in [0.29, 0.717) is 31.0 Å². The van der Waals surface area contributed by atoms with Gasteiger partial charge in [-0.1, -0.05) is 48.0 Å². The van der Waals surface area contributed by atoms with E-state index < -0.39 is 0 Å². The van der Waals surface area contributed by atoms with E-state index >= 15 is 0 Å². The summed E-state index contributed by atoms with van der Waals surface area (Å²) in [5.41, 5.74) is 15.7. The van der Waals surface area contributed by atoms with Gasteiger partial charge in [0, 0.05) is 41.9 Å². The SMILES string of the molecule is NCC1Cc2ccccc2CN1C(=O)CC(N)Cc1cccc(Cl)c1.SC1CC1. The Morgan fingerprint density at radius 2 is 1.86 bits per heavy atom. The summed E-state index contributed by atoms with van der Waals surface area (Å²) in [5, 5.41) is 1.46. The fraction of sp³-hybridized carbons (Fsp3) is 0.435. The number of thiol groups is 1. The van der Waals surface area contributed by atoms with Crippen LogP contribution >= 0.6 is 24.2 Å². The van der Waals surface area contributed by atoms with E-state index in [1.165, 1.54) is 24.0 Å². The molecule has 2 unspecified atom stereocenters. The summed E-state index contributed by atoms with van der Waals surface area (Å²) >= 11 is 10.1. The van der Waals surface area contributed by atoms with Gasteiger partial charge < -0.3 is 16.4 Å². The first kappa shape index (κ1) is 22.2. The van der Waals surface area contributed by atoms with Crippen LogP contribution in [-0.2, 0) is 24.2 Å². The lowest BCUT2D eigenvalue weighted by molar-refractivity contribution is -0.134. The van der Waals surface area contributed by atoms with Crippen LogP contribution in [0, 0.1) is 0 Å². The molecule has 29 heavy (non-hydrogen) atoms. The molecular weight excluding hydrogens is 402 g/mol. The number of rotatable bonds is 5. The number of nitrogens with two attached hydrogens (primary N) is 2. The van der Waals surface area contributed by atoms with Crippen LogP contribution in [0.15, 0.2) is 48.5 Å². The summed E-state index contributed by atoms with van der Waals surface area (Å²) in [6.45, 7) is 1.07. The first-order valence-electron chi connectivity index (χ1n) is 10.2. The van der Waals surface area contributed by atoms with Gasteiger partial charge in [-0.05, 0) is 54.5 Å². The van der Waals surface area contributed by atoms with Gasteiger partial charge in [-0.15, -0.1) is 0 Å². The minimum atomic E-state index is -0.235. The Morgan fingerprint density at radius 1 is 1.17 bits per heavy atom. The molecule has 0 radical (unpaired) electrons. The Bertz CT molecular complexity index is 827. The minimum Gasteiger partial charge on any atom is -0.334 e. The predicted molar refractivity (Wildman–Crippen MR) is 123 cm³/mol. The van der Waals surface area contributed by atoms with Crippen LogP contribution in [0.4, 0.5) is 0 Å². The third-order valence-electron chi connectivity index (χ3n) is 5.32. The third kappa shape index (κ3) is 6.75. The average molecular weight is 432 g/mol. The van der Waals surface area contributed by atoms with Gasteiger partial charge in [0.15, 0.2) is 0 Å². The molecule has 4 N–H and O–H groups in total. The molecule has 4 nitrogen and oxygen atoms in total. The van der Waals surface area contributed by atoms with Gasteiger partial charge in [0.05, 0.1) is 0 Å². The Morgan fingerprint density at radius 3 is 2.48 bits per heavy atom. The molecular formula is C23H30ClN3OS. The molecule has 2 aromatic carbocycles. The Balaban J connectivity index is 0.000000536. The monoisotopic (exact) mass is 431 g/mol. The Kier molecular flexibility index (Phi) is 8.01. The molecule has 1 saturated carbocycles. The lowest BCUT2D eigenvalue weighted by atomic mass is 9.93. The second-order valence-electron chi connectivity index (χ2n) is 7.91. The summed E-state index contributed by atoms with van der Waals surface area (Å²) < 4.78 is 0. The summed E-state index contributed by atoms with van der Waals surface area (Å²) in [6, 6.07) is 15.7. The molecule has 6 heteroatoms. The van der Waals surface area contributed by atoms with E-state index in [9.17, 15) is 4.79 Å². The number of benzene rings is 2. The highest BCUT2D eigenvalue weighted by Gasteiger charge is 2.29. The van der Waals surface area contributed by atoms with Gasteiger partial charge >= 0.3 is 0 Å². The smallest absolute Gasteiger partial charge is 0.224 e. The van der Waals surface area contributed by atoms with Crippen molar-refractivity contribution in [1.29, 1.82) is 0 Å². The van der Waals surface area contributed by atoms with E-state index in [1.54, 1.807) is 0 Å². The van der Waals surface area contributed by atoms with Gasteiger partial charge in [0.25, 0.3) is 0 Å². The van der Waals surface area contributed by atoms with Crippen molar-refractivity contribution in [2.45, 2.75) is 56.0 Å². The molecule has 1 amide bonds. The van der Waals surface area contributed by atoms with Crippen LogP contribution in [0.3, 0.4) is 0 Å². The maximum absolute atomic E-state index is 12.8. The summed E-state index contributed by atoms with van der Waals surface area (Å²) in [4.78, 5) is 14.7. The maximum Gasteiger partial charge on any atom is 0.224 e. The second kappa shape index (κ2) is 10.5. The number of halogens is 1. The molecule has 1 heterocycles. The fourth-order valence-electron chi connectivity index (χ4n) is 3.54. The van der Waals surface area contributed by atoms with Crippen molar-refractivity contribution < 1.29 is 4.79 Å². The Hall–Kier alpha value is -1.53. The molecule has 2 aromatic rings. The highest BCUT2D eigenvalue weighted by Crippen LogP contribution is 2.25. The van der Waals surface area contributed by atoms with Crippen molar-refractivity contribution in [2.24, 2.45) is 11.5 Å². The van der Waals surface area contributed by atoms with E-state index in [2.05, 4.69) is 24.8 Å². The normalized spacial score (nSPS) is 19.0. The van der Waals surface area contributed by atoms with Crippen molar-refractivity contribution >= 4 is 30.1 Å². The molecule has 1 aliphatic heterocycles. The van der Waals surface area contributed by atoms with Gasteiger partial charge in [0.1, 0.15) is 0 Å². The van der Waals surface area contributed by atoms with E-state index in [1.807, 2.05) is 41.3 Å². The maximum atomic E-state index is 12.8. The van der Waals surface area contributed by atoms with Crippen molar-refractivity contribution in [1.82, 2.24) is 4.90 Å². The van der Waals surface area contributed by atoms with Gasteiger partial charge in [0.2, 0.25) is 5.91 Å². The molecule has 0 bridgehead atoms. The standard InChI is InChI=1S/C20H24ClN3O.C3H6S/c21-17-7-3-4-14(8-17)9-18(23)11-20(25)24-13-16-6-2-1-5-15(16)10-19(24)12-22;4-3-1-2-3/h1-8,18-19H,9-13,22-23H2;3-4H,1-2H2. The van der Waals surface area contributed by atoms with Crippen LogP contribution < -0.4 is 11.5 Å². The Labute approximate surface area is 184 Å². The van der Waals surface area contributed by atoms with Gasteiger partial charge in [-0.3, -0.25) is 4.79 Å². The number of hydrogen-bond donors (Lipinski definition) is 3. The second-order valence-corrected chi connectivity index (χ2v) is 9.08. The number of hydrogen-bond acceptors (Lipinski definition) is 4. The topological polar surface area (TPSA) is 72.3 Å². The van der Waals surface area contributed by atoms with Crippen LogP contribution in [0.25, 0.3) is 0 Å². The zero-order chi connectivity index (χ0) is 20.8. The van der Waals surface area contributed by atoms with Crippen molar-refractivity contribution in [3.63, 3.8) is 0 Å². The van der Waals surface area contributed by atoms with Crippen molar-refractivity contribution in [2.75, 3.05) is 6.54 Å². The lowest BCUT2D eigenvalue weighted by Crippen LogP contribution is -2.49. The average Bonchev–Trinajstić information content (AvgIpc) is 3.49. The van der Waals surface area contributed by atoms with Gasteiger partial charge in [-0.2, -0.15) is 12.6 Å². The highest BCUT2D eigenvalue weighted by molar-refractivity contribution is 7.81. The molecule has 156 valence electrons. The number of carbonyl (C=O) groups excluding carboxylic acids is 1. The van der Waals surface area contributed by atoms with Crippen LogP contribution in [0.2, 0.25) is 5.02 Å². The molecule has 2 aliphatic rings. The van der Waals surface area contributed by atoms with Crippen LogP contribution in [-0.4, -0.2) is 34.7 Å². The molecule has 1 fully saturated rings. The van der Waals surface area contributed by atoms with E-state index in [-0.39, 0.29) is 18.0 Å². The molecule has 2 atom stereocenters. The van der Waals surface area contributed by atoms with Gasteiger partial charge in [-0.25, -0.2) is 0 Å². The summed E-state index contributed by atoms with van der Waals surface area (Å²) in [7, 11) is 0. The molecule has 0 aromatic heterocycles. The summed E-state index contributed by atoms with van der Waals surface area (Å²) in [5.74, 6) is 0.0690. The zero-order valence-electron chi connectivity index (χ0n) is 16.6. The van der Waals surface area contributed by atoms with Crippen LogP contribution in [0.5, 0.6) is 0 Å². The van der Waals surface area contributed by atoms with Crippen molar-refractivity contribution in [3.8, 4) is 0 Å². The van der Waals surface area contributed by atoms with E-state index in [4.69, 9.17) is 23.1 Å². The van der Waals surface area contributed by atoms with Crippen molar-refractivity contribution in [3.05, 3.63) is 70.2 Å². The van der Waals surface area contributed by atoms with Crippen LogP contribution in [0.1, 0.15) is 36.0 Å². The number of nitrogens with zero attached hydrogens (tertiary/aromatic N) is 1. The molecule has 0 saturated heterocycles. The first-order chi connectivity index (χ1) is 14.0. The zero-order valence-corrected chi connectivity index (χ0v) is 18.3. The van der Waals surface area contributed by atoms with E-state index in [0.717, 1.165) is 17.2 Å². The molecule has 0 spiro atoms. The highest BCUT2D eigenvalue weighted by atomic mass is 35.5. The number of amides is 1.